The van der Waals surface area contributed by atoms with E-state index >= 15 is 0 Å². The molecule has 1 aromatic heterocycles. The number of hydrogen-bond donors (Lipinski definition) is 0. The van der Waals surface area contributed by atoms with Crippen LogP contribution < -0.4 is 0 Å². The summed E-state index contributed by atoms with van der Waals surface area (Å²) in [5.41, 5.74) is 6.68. The van der Waals surface area contributed by atoms with E-state index in [4.69, 9.17) is 0 Å². The van der Waals surface area contributed by atoms with E-state index < -0.39 is 0 Å². The van der Waals surface area contributed by atoms with Gasteiger partial charge in [0.1, 0.15) is 5.82 Å². The minimum absolute atomic E-state index is 0.195. The summed E-state index contributed by atoms with van der Waals surface area (Å²) in [6.07, 6.45) is 8.14. The monoisotopic (exact) mass is 488 g/mol. The van der Waals surface area contributed by atoms with Gasteiger partial charge < -0.3 is 19.3 Å². The maximum absolute atomic E-state index is 13.6. The van der Waals surface area contributed by atoms with Gasteiger partial charge in [-0.25, -0.2) is 9.18 Å². The van der Waals surface area contributed by atoms with Crippen molar-refractivity contribution in [3.05, 3.63) is 65.1 Å². The number of piperidine rings is 1. The van der Waals surface area contributed by atoms with Gasteiger partial charge in [0.05, 0.1) is 5.52 Å². The van der Waals surface area contributed by atoms with Gasteiger partial charge in [-0.05, 0) is 118 Å². The van der Waals surface area contributed by atoms with Crippen LogP contribution >= 0.6 is 0 Å². The largest absolute Gasteiger partial charge is 0.322 e. The van der Waals surface area contributed by atoms with Crippen LogP contribution in [-0.4, -0.2) is 70.6 Å². The van der Waals surface area contributed by atoms with Crippen LogP contribution in [0.2, 0.25) is 0 Å². The molecule has 0 atom stereocenters. The average molecular weight is 489 g/mol. The van der Waals surface area contributed by atoms with Gasteiger partial charge >= 0.3 is 6.03 Å². The fourth-order valence-electron chi connectivity index (χ4n) is 6.48. The van der Waals surface area contributed by atoms with E-state index in [1.165, 1.54) is 40.4 Å². The average Bonchev–Trinajstić information content (AvgIpc) is 3.59. The van der Waals surface area contributed by atoms with Gasteiger partial charge in [0, 0.05) is 49.5 Å². The number of nitrogens with zero attached hydrogens (tertiary/aromatic N) is 4. The molecule has 2 aliphatic heterocycles. The molecule has 0 radical (unpaired) electrons. The van der Waals surface area contributed by atoms with Crippen molar-refractivity contribution in [3.63, 3.8) is 0 Å². The molecule has 6 rings (SSSR count). The number of fused-ring (bicyclic) bond motifs is 2. The Bertz CT molecular complexity index is 1260. The first-order valence-electron chi connectivity index (χ1n) is 13.7. The second kappa shape index (κ2) is 9.55. The van der Waals surface area contributed by atoms with Crippen LogP contribution in [0.15, 0.2) is 42.6 Å². The summed E-state index contributed by atoms with van der Waals surface area (Å²) in [6, 6.07) is 12.2. The standard InChI is InChI=1S/C30H37FN4O/c1-21(2)34-17-16-33(30(34)36)15-14-32-12-10-22(11-13-32)28-20-35(26-8-6-25(31)7-9-26)29-19-24-5-3-4-23(24)18-27(28)29/h6-9,18-22H,3-5,10-17H2,1-2H3. The number of hydrogen-bond acceptors (Lipinski definition) is 2. The number of carbonyl (C=O) groups excluding carboxylic acids is 1. The van der Waals surface area contributed by atoms with E-state index in [0.29, 0.717) is 5.92 Å². The summed E-state index contributed by atoms with van der Waals surface area (Å²) < 4.78 is 15.9. The number of amides is 2. The summed E-state index contributed by atoms with van der Waals surface area (Å²) in [5.74, 6) is 0.325. The molecule has 2 saturated heterocycles. The second-order valence-electron chi connectivity index (χ2n) is 11.1. The second-order valence-corrected chi connectivity index (χ2v) is 11.1. The van der Waals surface area contributed by atoms with Gasteiger partial charge in [0.15, 0.2) is 0 Å². The number of aryl methyl sites for hydroxylation is 2. The molecule has 0 bridgehead atoms. The first kappa shape index (κ1) is 23.5. The maximum Gasteiger partial charge on any atom is 0.320 e. The molecule has 3 aromatic rings. The van der Waals surface area contributed by atoms with E-state index in [1.807, 2.05) is 21.9 Å². The van der Waals surface area contributed by atoms with Crippen LogP contribution in [0, 0.1) is 5.82 Å². The number of carbonyl (C=O) groups is 1. The zero-order valence-corrected chi connectivity index (χ0v) is 21.5. The van der Waals surface area contributed by atoms with Crippen molar-refractivity contribution >= 4 is 16.9 Å². The molecular weight excluding hydrogens is 451 g/mol. The summed E-state index contributed by atoms with van der Waals surface area (Å²) in [6.45, 7) is 9.78. The first-order chi connectivity index (χ1) is 17.5. The molecule has 0 N–H and O–H groups in total. The predicted octanol–water partition coefficient (Wildman–Crippen LogP) is 5.58. The number of urea groups is 1. The van der Waals surface area contributed by atoms with Crippen molar-refractivity contribution in [1.82, 2.24) is 19.3 Å². The molecule has 36 heavy (non-hydrogen) atoms. The highest BCUT2D eigenvalue weighted by Gasteiger charge is 2.31. The van der Waals surface area contributed by atoms with E-state index in [9.17, 15) is 9.18 Å². The Labute approximate surface area is 213 Å². The molecule has 190 valence electrons. The molecule has 0 unspecified atom stereocenters. The van der Waals surface area contributed by atoms with Crippen molar-refractivity contribution in [3.8, 4) is 5.69 Å². The highest BCUT2D eigenvalue weighted by Crippen LogP contribution is 2.38. The van der Waals surface area contributed by atoms with Gasteiger partial charge in [-0.15, -0.1) is 0 Å². The Hall–Kier alpha value is -2.86. The zero-order valence-electron chi connectivity index (χ0n) is 21.5. The molecule has 0 spiro atoms. The minimum Gasteiger partial charge on any atom is -0.322 e. The van der Waals surface area contributed by atoms with Crippen LogP contribution in [0.25, 0.3) is 16.6 Å². The van der Waals surface area contributed by atoms with Gasteiger partial charge in [0.2, 0.25) is 0 Å². The Morgan fingerprint density at radius 1 is 0.944 bits per heavy atom. The van der Waals surface area contributed by atoms with Crippen molar-refractivity contribution in [2.24, 2.45) is 0 Å². The number of halogens is 1. The van der Waals surface area contributed by atoms with E-state index in [-0.39, 0.29) is 17.9 Å². The lowest BCUT2D eigenvalue weighted by atomic mass is 9.88. The lowest BCUT2D eigenvalue weighted by Gasteiger charge is -2.33. The number of likely N-dealkylation sites (tertiary alicyclic amines) is 1. The topological polar surface area (TPSA) is 31.7 Å². The summed E-state index contributed by atoms with van der Waals surface area (Å²) in [5, 5.41) is 1.37. The van der Waals surface area contributed by atoms with Gasteiger partial charge in [0.25, 0.3) is 0 Å². The van der Waals surface area contributed by atoms with Crippen molar-refractivity contribution in [2.75, 3.05) is 39.3 Å². The van der Waals surface area contributed by atoms with E-state index in [1.54, 1.807) is 12.1 Å². The minimum atomic E-state index is -0.198. The number of rotatable bonds is 6. The van der Waals surface area contributed by atoms with Crippen LogP contribution in [0.1, 0.15) is 55.7 Å². The Morgan fingerprint density at radius 2 is 1.67 bits per heavy atom. The van der Waals surface area contributed by atoms with E-state index in [0.717, 1.165) is 64.2 Å². The quantitative estimate of drug-likeness (QED) is 0.453. The maximum atomic E-state index is 13.6. The summed E-state index contributed by atoms with van der Waals surface area (Å²) in [7, 11) is 0. The SMILES string of the molecule is CC(C)N1CCN(CCN2CCC(c3cn(-c4ccc(F)cc4)c4cc5c(cc34)CCC5)CC2)C1=O. The Balaban J connectivity index is 1.18. The third-order valence-electron chi connectivity index (χ3n) is 8.62. The van der Waals surface area contributed by atoms with Crippen molar-refractivity contribution in [1.29, 1.82) is 0 Å². The Kier molecular flexibility index (Phi) is 6.24. The van der Waals surface area contributed by atoms with Crippen LogP contribution in [-0.2, 0) is 12.8 Å². The molecular formula is C30H37FN4O. The molecule has 2 aromatic carbocycles. The summed E-state index contributed by atoms with van der Waals surface area (Å²) >= 11 is 0. The Morgan fingerprint density at radius 3 is 2.36 bits per heavy atom. The summed E-state index contributed by atoms with van der Waals surface area (Å²) in [4.78, 5) is 19.1. The highest BCUT2D eigenvalue weighted by atomic mass is 19.1. The van der Waals surface area contributed by atoms with Crippen LogP contribution in [0.3, 0.4) is 0 Å². The highest BCUT2D eigenvalue weighted by molar-refractivity contribution is 5.88. The van der Waals surface area contributed by atoms with Crippen molar-refractivity contribution < 1.29 is 9.18 Å². The third kappa shape index (κ3) is 4.30. The normalized spacial score (nSPS) is 19.3. The molecule has 5 nitrogen and oxygen atoms in total. The molecule has 3 heterocycles. The molecule has 2 amide bonds. The molecule has 3 aliphatic rings. The van der Waals surface area contributed by atoms with Crippen molar-refractivity contribution in [2.45, 2.75) is 57.9 Å². The molecule has 2 fully saturated rings. The fourth-order valence-corrected chi connectivity index (χ4v) is 6.48. The third-order valence-corrected chi connectivity index (χ3v) is 8.62. The number of benzene rings is 2. The van der Waals surface area contributed by atoms with Crippen LogP contribution in [0.4, 0.5) is 9.18 Å². The lowest BCUT2D eigenvalue weighted by molar-refractivity contribution is 0.166. The van der Waals surface area contributed by atoms with Crippen LogP contribution in [0.5, 0.6) is 0 Å². The van der Waals surface area contributed by atoms with Gasteiger partial charge in [-0.2, -0.15) is 0 Å². The number of aromatic nitrogens is 1. The molecule has 0 saturated carbocycles. The zero-order chi connectivity index (χ0) is 24.8. The predicted molar refractivity (Wildman–Crippen MR) is 142 cm³/mol. The lowest BCUT2D eigenvalue weighted by Crippen LogP contribution is -2.41. The smallest absolute Gasteiger partial charge is 0.320 e. The molecule has 6 heteroatoms. The van der Waals surface area contributed by atoms with Gasteiger partial charge in [-0.3, -0.25) is 0 Å². The van der Waals surface area contributed by atoms with E-state index in [2.05, 4.69) is 41.6 Å². The fraction of sp³-hybridized carbons (Fsp3) is 0.500. The first-order valence-corrected chi connectivity index (χ1v) is 13.7. The molecule has 1 aliphatic carbocycles. The van der Waals surface area contributed by atoms with Gasteiger partial charge in [-0.1, -0.05) is 0 Å².